The third-order valence-corrected chi connectivity index (χ3v) is 6.36. The third-order valence-electron chi connectivity index (χ3n) is 5.96. The Hall–Kier alpha value is -2.35. The van der Waals surface area contributed by atoms with Crippen LogP contribution in [0.1, 0.15) is 24.8 Å². The first kappa shape index (κ1) is 21.4. The Labute approximate surface area is 177 Å². The molecule has 3 rings (SSSR count). The number of amides is 1. The average molecular weight is 420 g/mol. The smallest absolute Gasteiger partial charge is 0.325 e. The number of nitrogens with one attached hydrogen (secondary N) is 1. The van der Waals surface area contributed by atoms with E-state index in [0.29, 0.717) is 5.11 Å². The van der Waals surface area contributed by atoms with Gasteiger partial charge in [-0.05, 0) is 55.4 Å². The highest BCUT2D eigenvalue weighted by Crippen LogP contribution is 2.40. The Morgan fingerprint density at radius 2 is 1.79 bits per heavy atom. The van der Waals surface area contributed by atoms with Gasteiger partial charge in [-0.2, -0.15) is 0 Å². The van der Waals surface area contributed by atoms with Gasteiger partial charge in [-0.15, -0.1) is 0 Å². The molecule has 2 heterocycles. The van der Waals surface area contributed by atoms with Gasteiger partial charge >= 0.3 is 5.97 Å². The van der Waals surface area contributed by atoms with Gasteiger partial charge in [0.05, 0.1) is 7.11 Å². The zero-order valence-electron chi connectivity index (χ0n) is 17.1. The van der Waals surface area contributed by atoms with E-state index in [9.17, 15) is 9.59 Å². The first-order valence-corrected chi connectivity index (χ1v) is 10.4. The molecule has 2 saturated heterocycles. The molecule has 1 amide bonds. The van der Waals surface area contributed by atoms with E-state index >= 15 is 0 Å². The summed E-state index contributed by atoms with van der Waals surface area (Å²) in [4.78, 5) is 27.9. The van der Waals surface area contributed by atoms with Gasteiger partial charge in [0.15, 0.2) is 11.7 Å². The summed E-state index contributed by atoms with van der Waals surface area (Å²) < 4.78 is 10.3. The molecule has 2 fully saturated rings. The van der Waals surface area contributed by atoms with Crippen LogP contribution in [-0.2, 0) is 14.3 Å². The van der Waals surface area contributed by atoms with E-state index in [1.165, 1.54) is 7.11 Å². The lowest BCUT2D eigenvalue weighted by Gasteiger charge is -2.39. The van der Waals surface area contributed by atoms with E-state index in [2.05, 4.69) is 15.0 Å². The van der Waals surface area contributed by atoms with Crippen LogP contribution >= 0.6 is 12.2 Å². The lowest BCUT2D eigenvalue weighted by molar-refractivity contribution is -0.139. The van der Waals surface area contributed by atoms with Crippen molar-refractivity contribution >= 4 is 29.2 Å². The van der Waals surface area contributed by atoms with E-state index in [1.54, 1.807) is 0 Å². The third kappa shape index (κ3) is 5.38. The number of ether oxygens (including phenoxy) is 2. The highest BCUT2D eigenvalue weighted by Gasteiger charge is 2.42. The number of carbonyl (C=O) groups is 2. The van der Waals surface area contributed by atoms with E-state index in [-0.39, 0.29) is 30.4 Å². The number of likely N-dealkylation sites (tertiary alicyclic amines) is 2. The topological polar surface area (TPSA) is 71.1 Å². The number of benzene rings is 1. The van der Waals surface area contributed by atoms with Gasteiger partial charge < -0.3 is 24.6 Å². The molecule has 0 aliphatic carbocycles. The maximum absolute atomic E-state index is 12.6. The molecular formula is C21H29N3O4S. The number of piperidine rings is 1. The number of aryl methyl sites for hydroxylation is 1. The van der Waals surface area contributed by atoms with Gasteiger partial charge in [0.1, 0.15) is 12.3 Å². The Morgan fingerprint density at radius 3 is 2.45 bits per heavy atom. The van der Waals surface area contributed by atoms with Crippen LogP contribution in [0.5, 0.6) is 5.75 Å². The minimum atomic E-state index is -0.332. The second-order valence-corrected chi connectivity index (χ2v) is 8.23. The zero-order valence-corrected chi connectivity index (χ0v) is 17.9. The number of carbonyl (C=O) groups excluding carboxylic acids is 2. The van der Waals surface area contributed by atoms with Gasteiger partial charge in [-0.25, -0.2) is 0 Å². The molecule has 8 heteroatoms. The molecule has 1 N–H and O–H groups in total. The van der Waals surface area contributed by atoms with Crippen molar-refractivity contribution in [1.82, 2.24) is 15.1 Å². The van der Waals surface area contributed by atoms with Gasteiger partial charge in [-0.1, -0.05) is 18.2 Å². The largest absolute Gasteiger partial charge is 0.484 e. The second kappa shape index (κ2) is 9.43. The second-order valence-electron chi connectivity index (χ2n) is 7.84. The van der Waals surface area contributed by atoms with Gasteiger partial charge in [0.25, 0.3) is 5.91 Å². The molecule has 7 nitrogen and oxygen atoms in total. The summed E-state index contributed by atoms with van der Waals surface area (Å²) in [6.45, 7) is 5.35. The van der Waals surface area contributed by atoms with Crippen molar-refractivity contribution in [1.29, 1.82) is 0 Å². The van der Waals surface area contributed by atoms with Crippen molar-refractivity contribution in [3.8, 4) is 5.75 Å². The van der Waals surface area contributed by atoms with Crippen molar-refractivity contribution in [3.63, 3.8) is 0 Å². The van der Waals surface area contributed by atoms with Crippen LogP contribution in [0.15, 0.2) is 24.3 Å². The minimum Gasteiger partial charge on any atom is -0.484 e. The van der Waals surface area contributed by atoms with Crippen LogP contribution in [0, 0.1) is 12.3 Å². The fourth-order valence-electron chi connectivity index (χ4n) is 4.03. The number of para-hydroxylation sites is 1. The summed E-state index contributed by atoms with van der Waals surface area (Å²) in [6, 6.07) is 7.72. The Bertz CT molecular complexity index is 762. The number of thiocarbonyl (C=S) groups is 1. The molecule has 0 unspecified atom stereocenters. The van der Waals surface area contributed by atoms with Crippen molar-refractivity contribution < 1.29 is 19.1 Å². The molecule has 1 aromatic rings. The highest BCUT2D eigenvalue weighted by molar-refractivity contribution is 7.80. The first-order valence-electron chi connectivity index (χ1n) is 9.98. The SMILES string of the molecule is COC(=O)CNC(=S)N1CCC2(CCN(C(=O)COc3ccccc3C)CC2)C1. The van der Waals surface area contributed by atoms with Crippen molar-refractivity contribution in [3.05, 3.63) is 29.8 Å². The van der Waals surface area contributed by atoms with Gasteiger partial charge in [-0.3, -0.25) is 9.59 Å². The quantitative estimate of drug-likeness (QED) is 0.576. The fraction of sp³-hybridized carbons (Fsp3) is 0.571. The number of rotatable bonds is 5. The standard InChI is InChI=1S/C21H29N3O4S/c1-16-5-3-4-6-17(16)28-14-18(25)23-10-7-21(8-11-23)9-12-24(15-21)20(29)22-13-19(26)27-2/h3-6H,7-15H2,1-2H3,(H,22,29). The van der Waals surface area contributed by atoms with E-state index in [0.717, 1.165) is 56.8 Å². The number of esters is 1. The Morgan fingerprint density at radius 1 is 1.14 bits per heavy atom. The monoisotopic (exact) mass is 419 g/mol. The minimum absolute atomic E-state index is 0.0354. The average Bonchev–Trinajstić information content (AvgIpc) is 3.15. The van der Waals surface area contributed by atoms with E-state index in [4.69, 9.17) is 17.0 Å². The Kier molecular flexibility index (Phi) is 6.95. The summed E-state index contributed by atoms with van der Waals surface area (Å²) in [6.07, 6.45) is 2.97. The summed E-state index contributed by atoms with van der Waals surface area (Å²) in [5, 5.41) is 3.56. The van der Waals surface area contributed by atoms with Crippen molar-refractivity contribution in [2.45, 2.75) is 26.2 Å². The van der Waals surface area contributed by atoms with Crippen LogP contribution in [0.3, 0.4) is 0 Å². The Balaban J connectivity index is 1.44. The molecule has 0 aromatic heterocycles. The maximum Gasteiger partial charge on any atom is 0.325 e. The summed E-state index contributed by atoms with van der Waals surface area (Å²) >= 11 is 5.41. The normalized spacial score (nSPS) is 17.9. The highest BCUT2D eigenvalue weighted by atomic mass is 32.1. The van der Waals surface area contributed by atoms with Crippen LogP contribution in [0.25, 0.3) is 0 Å². The number of hydrogen-bond donors (Lipinski definition) is 1. The van der Waals surface area contributed by atoms with Crippen molar-refractivity contribution in [2.75, 3.05) is 46.4 Å². The molecule has 1 spiro atoms. The van der Waals surface area contributed by atoms with E-state index in [1.807, 2.05) is 36.1 Å². The number of nitrogens with zero attached hydrogens (tertiary/aromatic N) is 2. The summed E-state index contributed by atoms with van der Waals surface area (Å²) in [5.41, 5.74) is 1.21. The molecule has 2 aliphatic rings. The van der Waals surface area contributed by atoms with Crippen LogP contribution in [0.2, 0.25) is 0 Å². The first-order chi connectivity index (χ1) is 13.9. The van der Waals surface area contributed by atoms with Crippen molar-refractivity contribution in [2.24, 2.45) is 5.41 Å². The zero-order chi connectivity index (χ0) is 20.9. The predicted molar refractivity (Wildman–Crippen MR) is 114 cm³/mol. The molecule has 0 saturated carbocycles. The fourth-order valence-corrected chi connectivity index (χ4v) is 4.26. The summed E-state index contributed by atoms with van der Waals surface area (Å²) in [5.74, 6) is 0.461. The van der Waals surface area contributed by atoms with Gasteiger partial charge in [0, 0.05) is 26.2 Å². The lowest BCUT2D eigenvalue weighted by Crippen LogP contribution is -2.47. The molecule has 1 aromatic carbocycles. The predicted octanol–water partition coefficient (Wildman–Crippen LogP) is 1.74. The molecular weight excluding hydrogens is 390 g/mol. The molecule has 158 valence electrons. The molecule has 29 heavy (non-hydrogen) atoms. The van der Waals surface area contributed by atoms with Gasteiger partial charge in [0.2, 0.25) is 0 Å². The molecule has 0 radical (unpaired) electrons. The summed E-state index contributed by atoms with van der Waals surface area (Å²) in [7, 11) is 1.36. The maximum atomic E-state index is 12.6. The van der Waals surface area contributed by atoms with Crippen LogP contribution in [-0.4, -0.2) is 73.2 Å². The lowest BCUT2D eigenvalue weighted by atomic mass is 9.78. The number of methoxy groups -OCH3 is 1. The molecule has 0 bridgehead atoms. The van der Waals surface area contributed by atoms with Crippen LogP contribution < -0.4 is 10.1 Å². The van der Waals surface area contributed by atoms with E-state index < -0.39 is 0 Å². The number of hydrogen-bond acceptors (Lipinski definition) is 5. The molecule has 2 aliphatic heterocycles. The van der Waals surface area contributed by atoms with Crippen LogP contribution in [0.4, 0.5) is 0 Å². The molecule has 0 atom stereocenters.